The molecule has 1 heterocycles. The lowest BCUT2D eigenvalue weighted by atomic mass is 9.85. The Bertz CT molecular complexity index is 816. The van der Waals surface area contributed by atoms with Crippen LogP contribution in [-0.2, 0) is 19.7 Å². The molecule has 2 aromatic rings. The number of ether oxygens (including phenoxy) is 3. The highest BCUT2D eigenvalue weighted by Gasteiger charge is 2.33. The molecule has 1 atom stereocenters. The first-order chi connectivity index (χ1) is 12.4. The SMILES string of the molecule is C[C@@H](OC(=O)C(C)(C)c1ccccc1)C(=O)Nc1ccc2c(c1)OCO2. The van der Waals surface area contributed by atoms with Gasteiger partial charge in [-0.3, -0.25) is 9.59 Å². The number of rotatable bonds is 5. The van der Waals surface area contributed by atoms with Gasteiger partial charge in [-0.15, -0.1) is 0 Å². The summed E-state index contributed by atoms with van der Waals surface area (Å²) in [4.78, 5) is 24.9. The number of carbonyl (C=O) groups is 2. The minimum atomic E-state index is -0.934. The lowest BCUT2D eigenvalue weighted by Gasteiger charge is -2.25. The normalized spacial score (nSPS) is 13.8. The number of hydrogen-bond donors (Lipinski definition) is 1. The van der Waals surface area contributed by atoms with Crippen LogP contribution in [-0.4, -0.2) is 24.8 Å². The van der Waals surface area contributed by atoms with Crippen molar-refractivity contribution in [3.63, 3.8) is 0 Å². The molecule has 1 aliphatic rings. The van der Waals surface area contributed by atoms with Crippen molar-refractivity contribution in [2.75, 3.05) is 12.1 Å². The van der Waals surface area contributed by atoms with Gasteiger partial charge in [-0.1, -0.05) is 30.3 Å². The van der Waals surface area contributed by atoms with E-state index in [1.807, 2.05) is 30.3 Å². The molecular formula is C20H21NO5. The number of benzene rings is 2. The molecule has 0 radical (unpaired) electrons. The highest BCUT2D eigenvalue weighted by Crippen LogP contribution is 2.34. The molecule has 6 nitrogen and oxygen atoms in total. The lowest BCUT2D eigenvalue weighted by Crippen LogP contribution is -2.37. The van der Waals surface area contributed by atoms with Gasteiger partial charge < -0.3 is 19.5 Å². The van der Waals surface area contributed by atoms with Crippen LogP contribution in [0.25, 0.3) is 0 Å². The van der Waals surface area contributed by atoms with Crippen molar-refractivity contribution in [1.29, 1.82) is 0 Å². The Morgan fingerprint density at radius 2 is 1.77 bits per heavy atom. The average Bonchev–Trinajstić information content (AvgIpc) is 3.10. The molecule has 1 amide bonds. The third-order valence-electron chi connectivity index (χ3n) is 4.30. The van der Waals surface area contributed by atoms with Crippen molar-refractivity contribution in [2.45, 2.75) is 32.3 Å². The van der Waals surface area contributed by atoms with E-state index < -0.39 is 23.4 Å². The first-order valence-electron chi connectivity index (χ1n) is 8.35. The Kier molecular flexibility index (Phi) is 4.84. The van der Waals surface area contributed by atoms with Crippen LogP contribution < -0.4 is 14.8 Å². The monoisotopic (exact) mass is 355 g/mol. The summed E-state index contributed by atoms with van der Waals surface area (Å²) in [5.41, 5.74) is 0.520. The molecule has 1 aliphatic heterocycles. The average molecular weight is 355 g/mol. The molecule has 26 heavy (non-hydrogen) atoms. The predicted octanol–water partition coefficient (Wildman–Crippen LogP) is 3.26. The molecule has 0 fully saturated rings. The second-order valence-corrected chi connectivity index (χ2v) is 6.60. The zero-order valence-electron chi connectivity index (χ0n) is 14.9. The standard InChI is InChI=1S/C20H21NO5/c1-13(26-19(23)20(2,3)14-7-5-4-6-8-14)18(22)21-15-9-10-16-17(11-15)25-12-24-16/h4-11,13H,12H2,1-3H3,(H,21,22)/t13-/m1/s1. The van der Waals surface area contributed by atoms with Gasteiger partial charge in [0.2, 0.25) is 6.79 Å². The van der Waals surface area contributed by atoms with Crippen LogP contribution in [0.15, 0.2) is 48.5 Å². The van der Waals surface area contributed by atoms with Crippen molar-refractivity contribution in [3.05, 3.63) is 54.1 Å². The van der Waals surface area contributed by atoms with E-state index in [1.54, 1.807) is 39.0 Å². The topological polar surface area (TPSA) is 73.9 Å². The Labute approximate surface area is 152 Å². The summed E-state index contributed by atoms with van der Waals surface area (Å²) < 4.78 is 15.9. The minimum absolute atomic E-state index is 0.162. The maximum absolute atomic E-state index is 12.5. The fraction of sp³-hybridized carbons (Fsp3) is 0.300. The van der Waals surface area contributed by atoms with Crippen LogP contribution in [0.2, 0.25) is 0 Å². The predicted molar refractivity (Wildman–Crippen MR) is 96.2 cm³/mol. The molecule has 0 bridgehead atoms. The zero-order chi connectivity index (χ0) is 18.7. The van der Waals surface area contributed by atoms with Crippen molar-refractivity contribution < 1.29 is 23.8 Å². The van der Waals surface area contributed by atoms with Crippen LogP contribution in [0.4, 0.5) is 5.69 Å². The number of esters is 1. The van der Waals surface area contributed by atoms with Gasteiger partial charge in [-0.2, -0.15) is 0 Å². The summed E-state index contributed by atoms with van der Waals surface area (Å²) >= 11 is 0. The van der Waals surface area contributed by atoms with E-state index >= 15 is 0 Å². The van der Waals surface area contributed by atoms with Crippen LogP contribution in [0, 0.1) is 0 Å². The van der Waals surface area contributed by atoms with Crippen molar-refractivity contribution in [1.82, 2.24) is 0 Å². The van der Waals surface area contributed by atoms with Gasteiger partial charge >= 0.3 is 5.97 Å². The molecule has 0 saturated heterocycles. The quantitative estimate of drug-likeness (QED) is 0.834. The Morgan fingerprint density at radius 1 is 1.08 bits per heavy atom. The van der Waals surface area contributed by atoms with E-state index in [-0.39, 0.29) is 6.79 Å². The molecule has 0 spiro atoms. The van der Waals surface area contributed by atoms with E-state index in [0.717, 1.165) is 5.56 Å². The maximum atomic E-state index is 12.5. The van der Waals surface area contributed by atoms with Crippen molar-refractivity contribution >= 4 is 17.6 Å². The number of anilines is 1. The van der Waals surface area contributed by atoms with Gasteiger partial charge in [0, 0.05) is 11.8 Å². The number of nitrogens with one attached hydrogen (secondary N) is 1. The second kappa shape index (κ2) is 7.07. The number of hydrogen-bond acceptors (Lipinski definition) is 5. The molecule has 1 N–H and O–H groups in total. The van der Waals surface area contributed by atoms with E-state index in [9.17, 15) is 9.59 Å². The molecule has 136 valence electrons. The van der Waals surface area contributed by atoms with E-state index in [0.29, 0.717) is 17.2 Å². The minimum Gasteiger partial charge on any atom is -0.454 e. The van der Waals surface area contributed by atoms with Gasteiger partial charge in [0.15, 0.2) is 17.6 Å². The zero-order valence-corrected chi connectivity index (χ0v) is 14.9. The highest BCUT2D eigenvalue weighted by molar-refractivity contribution is 5.96. The molecule has 2 aromatic carbocycles. The summed E-state index contributed by atoms with van der Waals surface area (Å²) in [5.74, 6) is 0.322. The Balaban J connectivity index is 1.63. The number of fused-ring (bicyclic) bond motifs is 1. The Hall–Kier alpha value is -3.02. The van der Waals surface area contributed by atoms with E-state index in [4.69, 9.17) is 14.2 Å². The van der Waals surface area contributed by atoms with Gasteiger partial charge in [0.05, 0.1) is 5.41 Å². The Morgan fingerprint density at radius 3 is 2.50 bits per heavy atom. The first kappa shape index (κ1) is 17.8. The van der Waals surface area contributed by atoms with Crippen LogP contribution >= 0.6 is 0 Å². The maximum Gasteiger partial charge on any atom is 0.316 e. The third kappa shape index (κ3) is 3.64. The van der Waals surface area contributed by atoms with Gasteiger partial charge in [0.1, 0.15) is 0 Å². The van der Waals surface area contributed by atoms with Crippen LogP contribution in [0.3, 0.4) is 0 Å². The third-order valence-corrected chi connectivity index (χ3v) is 4.30. The van der Waals surface area contributed by atoms with Crippen molar-refractivity contribution in [2.24, 2.45) is 0 Å². The molecule has 6 heteroatoms. The van der Waals surface area contributed by atoms with Crippen LogP contribution in [0.1, 0.15) is 26.3 Å². The molecule has 0 aromatic heterocycles. The van der Waals surface area contributed by atoms with E-state index in [1.165, 1.54) is 0 Å². The summed E-state index contributed by atoms with van der Waals surface area (Å²) in [6, 6.07) is 14.4. The van der Waals surface area contributed by atoms with Crippen molar-refractivity contribution in [3.8, 4) is 11.5 Å². The number of amides is 1. The second-order valence-electron chi connectivity index (χ2n) is 6.60. The molecule has 0 unspecified atom stereocenters. The van der Waals surface area contributed by atoms with Gasteiger partial charge in [-0.25, -0.2) is 0 Å². The highest BCUT2D eigenvalue weighted by atomic mass is 16.7. The lowest BCUT2D eigenvalue weighted by molar-refractivity contribution is -0.158. The van der Waals surface area contributed by atoms with E-state index in [2.05, 4.69) is 5.32 Å². The first-order valence-corrected chi connectivity index (χ1v) is 8.35. The molecule has 0 saturated carbocycles. The fourth-order valence-corrected chi connectivity index (χ4v) is 2.55. The van der Waals surface area contributed by atoms with Gasteiger partial charge in [0.25, 0.3) is 5.91 Å². The summed E-state index contributed by atoms with van der Waals surface area (Å²) in [7, 11) is 0. The van der Waals surface area contributed by atoms with Gasteiger partial charge in [-0.05, 0) is 38.5 Å². The summed E-state index contributed by atoms with van der Waals surface area (Å²) in [6.07, 6.45) is -0.934. The number of carbonyl (C=O) groups excluding carboxylic acids is 2. The molecule has 3 rings (SSSR count). The fourth-order valence-electron chi connectivity index (χ4n) is 2.55. The summed E-state index contributed by atoms with van der Waals surface area (Å²) in [5, 5.41) is 2.72. The van der Waals surface area contributed by atoms with Crippen LogP contribution in [0.5, 0.6) is 11.5 Å². The summed E-state index contributed by atoms with van der Waals surface area (Å²) in [6.45, 7) is 5.25. The molecular weight excluding hydrogens is 334 g/mol. The largest absolute Gasteiger partial charge is 0.454 e. The smallest absolute Gasteiger partial charge is 0.316 e. The molecule has 0 aliphatic carbocycles.